The molecule has 0 aromatic heterocycles. The number of hydrogen-bond donors (Lipinski definition) is 7. The molecular weight excluding hydrogens is 292 g/mol. The Balaban J connectivity index is 1.88. The molecule has 2 rings (SSSR count). The molecule has 10 heteroatoms. The summed E-state index contributed by atoms with van der Waals surface area (Å²) in [4.78, 5) is 0. The number of hydrogen-bond acceptors (Lipinski definition) is 10. The van der Waals surface area contributed by atoms with Gasteiger partial charge in [0, 0.05) is 0 Å². The van der Waals surface area contributed by atoms with Crippen molar-refractivity contribution in [1.82, 2.24) is 0 Å². The van der Waals surface area contributed by atoms with Gasteiger partial charge in [0.25, 0.3) is 0 Å². The topological polar surface area (TPSA) is 169 Å². The van der Waals surface area contributed by atoms with E-state index in [-0.39, 0.29) is 13.2 Å². The lowest BCUT2D eigenvalue weighted by Crippen LogP contribution is -2.59. The van der Waals surface area contributed by atoms with Gasteiger partial charge in [0.2, 0.25) is 0 Å². The zero-order chi connectivity index (χ0) is 15.7. The van der Waals surface area contributed by atoms with Gasteiger partial charge in [0.15, 0.2) is 12.6 Å². The molecule has 2 aliphatic rings. The van der Waals surface area contributed by atoms with Crippen LogP contribution in [0.1, 0.15) is 0 Å². The largest absolute Gasteiger partial charge is 0.388 e. The smallest absolute Gasteiger partial charge is 0.186 e. The van der Waals surface area contributed by atoms with Gasteiger partial charge >= 0.3 is 0 Å². The van der Waals surface area contributed by atoms with Gasteiger partial charge in [-0.05, 0) is 0 Å². The van der Waals surface area contributed by atoms with Crippen molar-refractivity contribution in [3.63, 3.8) is 0 Å². The predicted molar refractivity (Wildman–Crippen MR) is 62.6 cm³/mol. The summed E-state index contributed by atoms with van der Waals surface area (Å²) in [5.41, 5.74) is 0. The van der Waals surface area contributed by atoms with Crippen molar-refractivity contribution in [3.8, 4) is 0 Å². The summed E-state index contributed by atoms with van der Waals surface area (Å²) in [6, 6.07) is 0. The Morgan fingerprint density at radius 3 is 2.14 bits per heavy atom. The van der Waals surface area contributed by atoms with Crippen molar-refractivity contribution in [3.05, 3.63) is 0 Å². The Bertz CT molecular complexity index is 341. The van der Waals surface area contributed by atoms with Crippen LogP contribution in [0.25, 0.3) is 0 Å². The minimum atomic E-state index is -1.69. The Morgan fingerprint density at radius 2 is 1.48 bits per heavy atom. The minimum absolute atomic E-state index is 0.249. The normalized spacial score (nSPS) is 51.9. The molecule has 2 aliphatic heterocycles. The van der Waals surface area contributed by atoms with Crippen LogP contribution in [0, 0.1) is 0 Å². The van der Waals surface area contributed by atoms with Crippen LogP contribution in [0.3, 0.4) is 0 Å². The molecule has 2 fully saturated rings. The quantitative estimate of drug-likeness (QED) is 0.268. The van der Waals surface area contributed by atoms with Crippen molar-refractivity contribution in [2.75, 3.05) is 13.2 Å². The molecule has 0 aliphatic carbocycles. The van der Waals surface area contributed by atoms with Gasteiger partial charge in [-0.25, -0.2) is 0 Å². The lowest BCUT2D eigenvalue weighted by molar-refractivity contribution is -0.312. The molecule has 10 nitrogen and oxygen atoms in total. The minimum Gasteiger partial charge on any atom is -0.388 e. The van der Waals surface area contributed by atoms with E-state index in [4.69, 9.17) is 14.2 Å². The van der Waals surface area contributed by atoms with Crippen molar-refractivity contribution < 1.29 is 50.0 Å². The molecule has 0 unspecified atom stereocenters. The maximum atomic E-state index is 9.70. The van der Waals surface area contributed by atoms with Crippen molar-refractivity contribution in [1.29, 1.82) is 0 Å². The molecule has 21 heavy (non-hydrogen) atoms. The van der Waals surface area contributed by atoms with Crippen LogP contribution < -0.4 is 0 Å². The van der Waals surface area contributed by atoms with E-state index >= 15 is 0 Å². The van der Waals surface area contributed by atoms with Gasteiger partial charge in [-0.3, -0.25) is 0 Å². The second kappa shape index (κ2) is 6.79. The fourth-order valence-corrected chi connectivity index (χ4v) is 2.18. The van der Waals surface area contributed by atoms with Crippen LogP contribution in [0.15, 0.2) is 0 Å². The Labute approximate surface area is 119 Å². The number of rotatable bonds is 3. The third-order valence-electron chi connectivity index (χ3n) is 3.57. The molecular formula is C11H20O10. The highest BCUT2D eigenvalue weighted by Gasteiger charge is 2.44. The number of ether oxygens (including phenoxy) is 3. The molecule has 0 amide bonds. The Kier molecular flexibility index (Phi) is 5.48. The zero-order valence-corrected chi connectivity index (χ0v) is 11.0. The highest BCUT2D eigenvalue weighted by molar-refractivity contribution is 4.89. The van der Waals surface area contributed by atoms with Crippen LogP contribution in [-0.4, -0.2) is 104 Å². The van der Waals surface area contributed by atoms with Crippen LogP contribution in [0.5, 0.6) is 0 Å². The van der Waals surface area contributed by atoms with E-state index in [1.807, 2.05) is 0 Å². The maximum Gasteiger partial charge on any atom is 0.186 e. The third-order valence-corrected chi connectivity index (χ3v) is 3.57. The first-order valence-electron chi connectivity index (χ1n) is 6.48. The summed E-state index contributed by atoms with van der Waals surface area (Å²) in [6.45, 7) is -0.631. The standard InChI is InChI=1S/C11H20O10/c12-3-1-19-11(9(17)5(3)13)20-2-4-6(14)7(15)8(16)10(18)21-4/h3-18H,1-2H2/t3-,4-,5+,6-,7+,8-,9-,10-,11-/m1/s1. The predicted octanol–water partition coefficient (Wildman–Crippen LogP) is -4.76. The number of aliphatic hydroxyl groups excluding tert-OH is 7. The van der Waals surface area contributed by atoms with Crippen LogP contribution in [0.4, 0.5) is 0 Å². The van der Waals surface area contributed by atoms with Gasteiger partial charge in [-0.1, -0.05) is 0 Å². The van der Waals surface area contributed by atoms with Crippen molar-refractivity contribution in [2.45, 2.75) is 55.3 Å². The summed E-state index contributed by atoms with van der Waals surface area (Å²) in [5.74, 6) is 0. The Morgan fingerprint density at radius 1 is 0.810 bits per heavy atom. The molecule has 0 bridgehead atoms. The lowest BCUT2D eigenvalue weighted by atomic mass is 9.99. The highest BCUT2D eigenvalue weighted by Crippen LogP contribution is 2.22. The summed E-state index contributed by atoms with van der Waals surface area (Å²) in [7, 11) is 0. The summed E-state index contributed by atoms with van der Waals surface area (Å²) in [5, 5.41) is 66.2. The van der Waals surface area contributed by atoms with E-state index in [0.717, 1.165) is 0 Å². The lowest BCUT2D eigenvalue weighted by Gasteiger charge is -2.40. The molecule has 7 N–H and O–H groups in total. The second-order valence-corrected chi connectivity index (χ2v) is 5.12. The fourth-order valence-electron chi connectivity index (χ4n) is 2.18. The number of aliphatic hydroxyl groups is 7. The van der Waals surface area contributed by atoms with Gasteiger partial charge in [-0.2, -0.15) is 0 Å². The van der Waals surface area contributed by atoms with E-state index in [2.05, 4.69) is 0 Å². The molecule has 0 radical (unpaired) electrons. The van der Waals surface area contributed by atoms with Crippen molar-refractivity contribution >= 4 is 0 Å². The average Bonchev–Trinajstić information content (AvgIpc) is 2.46. The van der Waals surface area contributed by atoms with E-state index in [9.17, 15) is 35.7 Å². The fraction of sp³-hybridized carbons (Fsp3) is 1.00. The van der Waals surface area contributed by atoms with Crippen molar-refractivity contribution in [2.24, 2.45) is 0 Å². The summed E-state index contributed by atoms with van der Waals surface area (Å²) in [6.07, 6.45) is -13.1. The summed E-state index contributed by atoms with van der Waals surface area (Å²) < 4.78 is 15.0. The SMILES string of the molecule is O[C@@H]1[C@@H](O)[C@H](O)O[C@H](CO[C@H]2OC[C@@H](O)[C@H](O)[C@H]2O)[C@H]1O. The highest BCUT2D eigenvalue weighted by atomic mass is 16.7. The van der Waals surface area contributed by atoms with E-state index in [0.29, 0.717) is 0 Å². The van der Waals surface area contributed by atoms with Gasteiger partial charge < -0.3 is 50.0 Å². The van der Waals surface area contributed by atoms with Crippen LogP contribution >= 0.6 is 0 Å². The van der Waals surface area contributed by atoms with Gasteiger partial charge in [0.05, 0.1) is 13.2 Å². The van der Waals surface area contributed by atoms with E-state index in [1.165, 1.54) is 0 Å². The first kappa shape index (κ1) is 17.0. The maximum absolute atomic E-state index is 9.70. The molecule has 2 heterocycles. The zero-order valence-electron chi connectivity index (χ0n) is 11.0. The molecule has 0 saturated carbocycles. The molecule has 0 aromatic carbocycles. The van der Waals surface area contributed by atoms with Gasteiger partial charge in [-0.15, -0.1) is 0 Å². The van der Waals surface area contributed by atoms with Crippen LogP contribution in [-0.2, 0) is 14.2 Å². The van der Waals surface area contributed by atoms with E-state index < -0.39 is 55.3 Å². The monoisotopic (exact) mass is 312 g/mol. The molecule has 2 saturated heterocycles. The Hall–Kier alpha value is -0.400. The molecule has 124 valence electrons. The summed E-state index contributed by atoms with van der Waals surface area (Å²) >= 11 is 0. The van der Waals surface area contributed by atoms with Gasteiger partial charge in [0.1, 0.15) is 42.7 Å². The van der Waals surface area contributed by atoms with Crippen LogP contribution in [0.2, 0.25) is 0 Å². The molecule has 9 atom stereocenters. The van der Waals surface area contributed by atoms with E-state index in [1.54, 1.807) is 0 Å². The first-order chi connectivity index (χ1) is 9.82. The second-order valence-electron chi connectivity index (χ2n) is 5.12. The molecule has 0 aromatic rings. The molecule has 0 spiro atoms. The average molecular weight is 312 g/mol. The first-order valence-corrected chi connectivity index (χ1v) is 6.48. The third kappa shape index (κ3) is 3.51.